The number of rotatable bonds is 2. The molecule has 0 aliphatic heterocycles. The summed E-state index contributed by atoms with van der Waals surface area (Å²) in [6.07, 6.45) is 8.28. The minimum atomic E-state index is 1.28. The molecule has 0 spiro atoms. The highest BCUT2D eigenvalue weighted by atomic mass is 32.1. The molecule has 2 aromatic heterocycles. The summed E-state index contributed by atoms with van der Waals surface area (Å²) < 4.78 is 2.05. The van der Waals surface area contributed by atoms with Gasteiger partial charge in [-0.3, -0.25) is 0 Å². The largest absolute Gasteiger partial charge is 0.175 e. The molecule has 2 heterocycles. The Balaban J connectivity index is 2.15. The molecule has 2 heteroatoms. The van der Waals surface area contributed by atoms with Crippen molar-refractivity contribution in [2.45, 2.75) is 6.92 Å². The minimum absolute atomic E-state index is 1.28. The fourth-order valence-corrected chi connectivity index (χ4v) is 1.77. The van der Waals surface area contributed by atoms with Crippen LogP contribution in [-0.2, 0) is 0 Å². The van der Waals surface area contributed by atoms with Gasteiger partial charge in [0.05, 0.1) is 0 Å². The van der Waals surface area contributed by atoms with Crippen LogP contribution in [0.15, 0.2) is 42.0 Å². The van der Waals surface area contributed by atoms with Crippen molar-refractivity contribution < 1.29 is 4.57 Å². The molecule has 0 bridgehead atoms. The Hall–Kier alpha value is -1.41. The monoisotopic (exact) mass is 202 g/mol. The van der Waals surface area contributed by atoms with E-state index in [0.717, 1.165) is 0 Å². The van der Waals surface area contributed by atoms with Crippen LogP contribution in [0.25, 0.3) is 12.3 Å². The number of aromatic nitrogens is 1. The van der Waals surface area contributed by atoms with Gasteiger partial charge in [0.1, 0.15) is 0 Å². The van der Waals surface area contributed by atoms with Gasteiger partial charge in [0, 0.05) is 23.1 Å². The molecular weight excluding hydrogens is 190 g/mol. The van der Waals surface area contributed by atoms with Crippen molar-refractivity contribution >= 4 is 23.6 Å². The van der Waals surface area contributed by atoms with Crippen LogP contribution in [0.1, 0.15) is 10.4 Å². The fraction of sp³-hybridized carbons (Fsp3) is 0.0833. The molecule has 14 heavy (non-hydrogen) atoms. The second-order valence-electron chi connectivity index (χ2n) is 3.15. The van der Waals surface area contributed by atoms with Gasteiger partial charge in [0.25, 0.3) is 0 Å². The van der Waals surface area contributed by atoms with E-state index in [1.54, 1.807) is 11.3 Å². The topological polar surface area (TPSA) is 3.88 Å². The van der Waals surface area contributed by atoms with Gasteiger partial charge in [-0.1, -0.05) is 6.07 Å². The van der Waals surface area contributed by atoms with Gasteiger partial charge in [-0.05, 0) is 23.9 Å². The van der Waals surface area contributed by atoms with Crippen LogP contribution < -0.4 is 4.57 Å². The first kappa shape index (κ1) is 9.16. The summed E-state index contributed by atoms with van der Waals surface area (Å²) in [5.41, 5.74) is 1.28. The molecule has 0 fully saturated rings. The van der Waals surface area contributed by atoms with E-state index in [1.807, 2.05) is 4.57 Å². The van der Waals surface area contributed by atoms with Crippen molar-refractivity contribution in [3.63, 3.8) is 0 Å². The summed E-state index contributed by atoms with van der Waals surface area (Å²) in [5.74, 6) is 0. The Morgan fingerprint density at radius 1 is 1.21 bits per heavy atom. The van der Waals surface area contributed by atoms with E-state index < -0.39 is 0 Å². The lowest BCUT2D eigenvalue weighted by atomic mass is 10.3. The van der Waals surface area contributed by atoms with Crippen LogP contribution in [0.4, 0.5) is 0 Å². The molecule has 0 atom stereocenters. The Kier molecular flexibility index (Phi) is 2.75. The lowest BCUT2D eigenvalue weighted by Gasteiger charge is -1.88. The van der Waals surface area contributed by atoms with Gasteiger partial charge < -0.3 is 0 Å². The quantitative estimate of drug-likeness (QED) is 0.659. The van der Waals surface area contributed by atoms with Crippen LogP contribution >= 0.6 is 11.3 Å². The molecule has 1 nitrogen and oxygen atoms in total. The van der Waals surface area contributed by atoms with E-state index >= 15 is 0 Å². The summed E-state index contributed by atoms with van der Waals surface area (Å²) in [6, 6.07) is 8.36. The van der Waals surface area contributed by atoms with E-state index in [2.05, 4.69) is 61.2 Å². The van der Waals surface area contributed by atoms with E-state index in [-0.39, 0.29) is 0 Å². The number of aryl methyl sites for hydroxylation is 1. The Morgan fingerprint density at radius 2 is 2.00 bits per heavy atom. The predicted molar refractivity (Wildman–Crippen MR) is 60.9 cm³/mol. The SMILES string of the molecule is Cc1cc[n+](/C=C/c2cccs2)cc1. The lowest BCUT2D eigenvalue weighted by molar-refractivity contribution is -0.567. The van der Waals surface area contributed by atoms with E-state index in [1.165, 1.54) is 10.4 Å². The molecule has 0 radical (unpaired) electrons. The van der Waals surface area contributed by atoms with E-state index in [9.17, 15) is 0 Å². The summed E-state index contributed by atoms with van der Waals surface area (Å²) >= 11 is 1.75. The van der Waals surface area contributed by atoms with Gasteiger partial charge in [0.15, 0.2) is 18.6 Å². The normalized spacial score (nSPS) is 10.9. The molecule has 0 aliphatic carbocycles. The summed E-state index contributed by atoms with van der Waals surface area (Å²) in [7, 11) is 0. The number of hydrogen-bond donors (Lipinski definition) is 0. The molecule has 0 amide bonds. The first-order valence-electron chi connectivity index (χ1n) is 4.54. The zero-order valence-corrected chi connectivity index (χ0v) is 8.87. The Morgan fingerprint density at radius 3 is 2.64 bits per heavy atom. The summed E-state index contributed by atoms with van der Waals surface area (Å²) in [4.78, 5) is 1.28. The molecule has 0 N–H and O–H groups in total. The zero-order valence-electron chi connectivity index (χ0n) is 8.05. The van der Waals surface area contributed by atoms with Gasteiger partial charge in [-0.25, -0.2) is 0 Å². The first-order valence-corrected chi connectivity index (χ1v) is 5.42. The van der Waals surface area contributed by atoms with Gasteiger partial charge in [0.2, 0.25) is 0 Å². The predicted octanol–water partition coefficient (Wildman–Crippen LogP) is 2.97. The molecule has 0 saturated heterocycles. The Labute approximate surface area is 88.0 Å². The second-order valence-corrected chi connectivity index (χ2v) is 4.13. The van der Waals surface area contributed by atoms with Crippen molar-refractivity contribution in [2.75, 3.05) is 0 Å². The smallest absolute Gasteiger partial charge is 0.174 e. The third-order valence-electron chi connectivity index (χ3n) is 1.97. The van der Waals surface area contributed by atoms with Crippen LogP contribution in [0, 0.1) is 6.92 Å². The Bertz CT molecular complexity index is 412. The third kappa shape index (κ3) is 2.30. The standard InChI is InChI=1S/C12H12NS/c1-11-4-7-13(8-5-11)9-6-12-3-2-10-14-12/h2-10H,1H3/q+1/b9-6+. The van der Waals surface area contributed by atoms with Gasteiger partial charge in [-0.2, -0.15) is 4.57 Å². The highest BCUT2D eigenvalue weighted by molar-refractivity contribution is 7.10. The van der Waals surface area contributed by atoms with E-state index in [4.69, 9.17) is 0 Å². The highest BCUT2D eigenvalue weighted by Gasteiger charge is 1.93. The number of hydrogen-bond acceptors (Lipinski definition) is 1. The molecule has 2 rings (SSSR count). The lowest BCUT2D eigenvalue weighted by Crippen LogP contribution is -2.23. The van der Waals surface area contributed by atoms with E-state index in [0.29, 0.717) is 0 Å². The first-order chi connectivity index (χ1) is 6.84. The maximum absolute atomic E-state index is 2.11. The van der Waals surface area contributed by atoms with Gasteiger partial charge >= 0.3 is 0 Å². The van der Waals surface area contributed by atoms with Crippen LogP contribution in [0.2, 0.25) is 0 Å². The fourth-order valence-electron chi connectivity index (χ4n) is 1.16. The number of pyridine rings is 1. The highest BCUT2D eigenvalue weighted by Crippen LogP contribution is 2.09. The average molecular weight is 202 g/mol. The molecular formula is C12H12NS+. The molecule has 0 aromatic carbocycles. The van der Waals surface area contributed by atoms with Crippen molar-refractivity contribution in [3.05, 3.63) is 52.5 Å². The maximum Gasteiger partial charge on any atom is 0.175 e. The maximum atomic E-state index is 2.11. The van der Waals surface area contributed by atoms with Crippen molar-refractivity contribution in [1.29, 1.82) is 0 Å². The molecule has 0 unspecified atom stereocenters. The molecule has 70 valence electrons. The minimum Gasteiger partial charge on any atom is -0.174 e. The van der Waals surface area contributed by atoms with Crippen molar-refractivity contribution in [3.8, 4) is 0 Å². The number of thiophene rings is 1. The summed E-state index contributed by atoms with van der Waals surface area (Å²) in [6.45, 7) is 2.09. The average Bonchev–Trinajstić information content (AvgIpc) is 2.70. The van der Waals surface area contributed by atoms with Gasteiger partial charge in [-0.15, -0.1) is 11.3 Å². The number of nitrogens with zero attached hydrogens (tertiary/aromatic N) is 1. The summed E-state index contributed by atoms with van der Waals surface area (Å²) in [5, 5.41) is 2.08. The van der Waals surface area contributed by atoms with Crippen LogP contribution in [0.3, 0.4) is 0 Å². The molecule has 0 aliphatic rings. The van der Waals surface area contributed by atoms with Crippen molar-refractivity contribution in [2.24, 2.45) is 0 Å². The zero-order chi connectivity index (χ0) is 9.80. The third-order valence-corrected chi connectivity index (χ3v) is 2.81. The molecule has 2 aromatic rings. The van der Waals surface area contributed by atoms with Crippen LogP contribution in [-0.4, -0.2) is 0 Å². The van der Waals surface area contributed by atoms with Crippen molar-refractivity contribution in [1.82, 2.24) is 0 Å². The second kappa shape index (κ2) is 4.20. The molecule has 0 saturated carbocycles. The van der Waals surface area contributed by atoms with Crippen LogP contribution in [0.5, 0.6) is 0 Å².